The molecule has 1 N–H and O–H groups in total. The summed E-state index contributed by atoms with van der Waals surface area (Å²) in [6.45, 7) is 2.16. The zero-order chi connectivity index (χ0) is 18.8. The molecule has 0 aliphatic carbocycles. The summed E-state index contributed by atoms with van der Waals surface area (Å²) in [7, 11) is 1.62. The van der Waals surface area contributed by atoms with Crippen LogP contribution in [-0.2, 0) is 20.7 Å². The average Bonchev–Trinajstić information content (AvgIpc) is 2.65. The van der Waals surface area contributed by atoms with Gasteiger partial charge < -0.3 is 14.8 Å². The molecule has 26 heavy (non-hydrogen) atoms. The van der Waals surface area contributed by atoms with Gasteiger partial charge in [0.25, 0.3) is 5.91 Å². The molecule has 0 fully saturated rings. The van der Waals surface area contributed by atoms with Crippen LogP contribution in [0.4, 0.5) is 0 Å². The first-order valence-corrected chi connectivity index (χ1v) is 8.38. The maximum Gasteiger partial charge on any atom is 0.331 e. The summed E-state index contributed by atoms with van der Waals surface area (Å²) in [5, 5.41) is 2.72. The summed E-state index contributed by atoms with van der Waals surface area (Å²) < 4.78 is 10.0. The lowest BCUT2D eigenvalue weighted by Crippen LogP contribution is -2.30. The van der Waals surface area contributed by atoms with Crippen LogP contribution < -0.4 is 10.1 Å². The van der Waals surface area contributed by atoms with E-state index in [1.54, 1.807) is 13.2 Å². The number of amides is 1. The second kappa shape index (κ2) is 10.0. The quantitative estimate of drug-likeness (QED) is 0.585. The summed E-state index contributed by atoms with van der Waals surface area (Å²) in [6, 6.07) is 15.4. The molecule has 0 unspecified atom stereocenters. The molecule has 136 valence electrons. The molecule has 0 saturated carbocycles. The first kappa shape index (κ1) is 19.2. The fraction of sp³-hybridized carbons (Fsp3) is 0.238. The smallest absolute Gasteiger partial charge is 0.331 e. The molecule has 0 aliphatic heterocycles. The minimum atomic E-state index is -0.545. The van der Waals surface area contributed by atoms with Crippen molar-refractivity contribution in [1.29, 1.82) is 0 Å². The predicted molar refractivity (Wildman–Crippen MR) is 101 cm³/mol. The molecular formula is C21H23NO4. The molecular weight excluding hydrogens is 330 g/mol. The van der Waals surface area contributed by atoms with Gasteiger partial charge in [0.05, 0.1) is 7.11 Å². The van der Waals surface area contributed by atoms with E-state index in [0.29, 0.717) is 13.0 Å². The topological polar surface area (TPSA) is 64.6 Å². The van der Waals surface area contributed by atoms with Crippen LogP contribution in [0.2, 0.25) is 0 Å². The lowest BCUT2D eigenvalue weighted by molar-refractivity contribution is -0.143. The molecule has 2 rings (SSSR count). The van der Waals surface area contributed by atoms with Crippen LogP contribution in [0, 0.1) is 6.92 Å². The highest BCUT2D eigenvalue weighted by Gasteiger charge is 2.05. The largest absolute Gasteiger partial charge is 0.497 e. The Bertz CT molecular complexity index is 766. The Balaban J connectivity index is 1.66. The SMILES string of the molecule is COc1ccc(CCNC(=O)COC(=O)/C=C/c2cccc(C)c2)cc1. The van der Waals surface area contributed by atoms with Gasteiger partial charge in [0.2, 0.25) is 0 Å². The van der Waals surface area contributed by atoms with Crippen molar-refractivity contribution in [3.05, 3.63) is 71.3 Å². The Morgan fingerprint density at radius 3 is 2.58 bits per heavy atom. The van der Waals surface area contributed by atoms with Gasteiger partial charge in [-0.15, -0.1) is 0 Å². The van der Waals surface area contributed by atoms with Gasteiger partial charge in [-0.3, -0.25) is 4.79 Å². The van der Waals surface area contributed by atoms with Crippen molar-refractivity contribution in [2.45, 2.75) is 13.3 Å². The van der Waals surface area contributed by atoms with E-state index in [1.165, 1.54) is 6.08 Å². The summed E-state index contributed by atoms with van der Waals surface area (Å²) in [6.07, 6.45) is 3.67. The summed E-state index contributed by atoms with van der Waals surface area (Å²) >= 11 is 0. The molecule has 0 aliphatic rings. The van der Waals surface area contributed by atoms with E-state index in [0.717, 1.165) is 22.4 Å². The number of hydrogen-bond donors (Lipinski definition) is 1. The van der Waals surface area contributed by atoms with Crippen molar-refractivity contribution in [1.82, 2.24) is 5.32 Å². The zero-order valence-electron chi connectivity index (χ0n) is 15.0. The van der Waals surface area contributed by atoms with Gasteiger partial charge in [0, 0.05) is 12.6 Å². The highest BCUT2D eigenvalue weighted by atomic mass is 16.5. The lowest BCUT2D eigenvalue weighted by Gasteiger charge is -2.06. The van der Waals surface area contributed by atoms with Gasteiger partial charge >= 0.3 is 5.97 Å². The van der Waals surface area contributed by atoms with Crippen molar-refractivity contribution in [2.24, 2.45) is 0 Å². The minimum absolute atomic E-state index is 0.292. The van der Waals surface area contributed by atoms with E-state index < -0.39 is 5.97 Å². The summed E-state index contributed by atoms with van der Waals surface area (Å²) in [5.41, 5.74) is 3.10. The monoisotopic (exact) mass is 353 g/mol. The van der Waals surface area contributed by atoms with Gasteiger partial charge in [-0.05, 0) is 42.7 Å². The van der Waals surface area contributed by atoms with Crippen LogP contribution in [-0.4, -0.2) is 32.1 Å². The number of carbonyl (C=O) groups excluding carboxylic acids is 2. The molecule has 2 aromatic rings. The zero-order valence-corrected chi connectivity index (χ0v) is 15.0. The van der Waals surface area contributed by atoms with E-state index >= 15 is 0 Å². The number of aryl methyl sites for hydroxylation is 1. The number of ether oxygens (including phenoxy) is 2. The number of nitrogens with one attached hydrogen (secondary N) is 1. The molecule has 5 heteroatoms. The van der Waals surface area contributed by atoms with E-state index in [2.05, 4.69) is 5.32 Å². The molecule has 0 aromatic heterocycles. The van der Waals surface area contributed by atoms with Gasteiger partial charge in [-0.25, -0.2) is 4.79 Å². The number of esters is 1. The molecule has 0 atom stereocenters. The Kier molecular flexibility index (Phi) is 7.43. The average molecular weight is 353 g/mol. The summed E-state index contributed by atoms with van der Waals surface area (Å²) in [4.78, 5) is 23.4. The van der Waals surface area contributed by atoms with E-state index in [4.69, 9.17) is 9.47 Å². The third kappa shape index (κ3) is 6.81. The van der Waals surface area contributed by atoms with E-state index in [-0.39, 0.29) is 12.5 Å². The molecule has 0 saturated heterocycles. The molecule has 0 spiro atoms. The van der Waals surface area contributed by atoms with E-state index in [1.807, 2.05) is 55.5 Å². The first-order chi connectivity index (χ1) is 12.6. The highest BCUT2D eigenvalue weighted by molar-refractivity contribution is 5.89. The molecule has 0 heterocycles. The fourth-order valence-corrected chi connectivity index (χ4v) is 2.31. The van der Waals surface area contributed by atoms with Gasteiger partial charge in [-0.2, -0.15) is 0 Å². The third-order valence-electron chi connectivity index (χ3n) is 3.69. The first-order valence-electron chi connectivity index (χ1n) is 8.38. The fourth-order valence-electron chi connectivity index (χ4n) is 2.31. The second-order valence-electron chi connectivity index (χ2n) is 5.80. The standard InChI is InChI=1S/C21H23NO4/c1-16-4-3-5-18(14-16)8-11-21(24)26-15-20(23)22-13-12-17-6-9-19(25-2)10-7-17/h3-11,14H,12-13,15H2,1-2H3,(H,22,23)/b11-8+. The van der Waals surface area contributed by atoms with Crippen molar-refractivity contribution < 1.29 is 19.1 Å². The van der Waals surface area contributed by atoms with Crippen LogP contribution in [0.25, 0.3) is 6.08 Å². The lowest BCUT2D eigenvalue weighted by atomic mass is 10.1. The molecule has 0 radical (unpaired) electrons. The number of benzene rings is 2. The minimum Gasteiger partial charge on any atom is -0.497 e. The Morgan fingerprint density at radius 2 is 1.88 bits per heavy atom. The Morgan fingerprint density at radius 1 is 1.12 bits per heavy atom. The van der Waals surface area contributed by atoms with Crippen molar-refractivity contribution in [3.8, 4) is 5.75 Å². The maximum atomic E-state index is 11.7. The van der Waals surface area contributed by atoms with Gasteiger partial charge in [0.15, 0.2) is 6.61 Å². The normalized spacial score (nSPS) is 10.5. The van der Waals surface area contributed by atoms with Crippen LogP contribution in [0.5, 0.6) is 5.75 Å². The van der Waals surface area contributed by atoms with Crippen molar-refractivity contribution in [2.75, 3.05) is 20.3 Å². The Labute approximate surface area is 153 Å². The number of rotatable bonds is 8. The number of hydrogen-bond acceptors (Lipinski definition) is 4. The van der Waals surface area contributed by atoms with Gasteiger partial charge in [0.1, 0.15) is 5.75 Å². The Hall–Kier alpha value is -3.08. The number of methoxy groups -OCH3 is 1. The van der Waals surface area contributed by atoms with Crippen molar-refractivity contribution in [3.63, 3.8) is 0 Å². The highest BCUT2D eigenvalue weighted by Crippen LogP contribution is 2.11. The second-order valence-corrected chi connectivity index (χ2v) is 5.80. The predicted octanol–water partition coefficient (Wildman–Crippen LogP) is 2.92. The number of carbonyl (C=O) groups is 2. The van der Waals surface area contributed by atoms with Crippen LogP contribution in [0.15, 0.2) is 54.6 Å². The molecule has 5 nitrogen and oxygen atoms in total. The summed E-state index contributed by atoms with van der Waals surface area (Å²) in [5.74, 6) is -0.0731. The third-order valence-corrected chi connectivity index (χ3v) is 3.69. The van der Waals surface area contributed by atoms with Crippen LogP contribution >= 0.6 is 0 Å². The molecule has 1 amide bonds. The van der Waals surface area contributed by atoms with Crippen molar-refractivity contribution >= 4 is 18.0 Å². The van der Waals surface area contributed by atoms with Crippen LogP contribution in [0.1, 0.15) is 16.7 Å². The van der Waals surface area contributed by atoms with E-state index in [9.17, 15) is 9.59 Å². The molecule has 0 bridgehead atoms. The van der Waals surface area contributed by atoms with Gasteiger partial charge in [-0.1, -0.05) is 42.0 Å². The molecule has 2 aromatic carbocycles. The van der Waals surface area contributed by atoms with Crippen LogP contribution in [0.3, 0.4) is 0 Å². The maximum absolute atomic E-state index is 11.7.